The van der Waals surface area contributed by atoms with Gasteiger partial charge in [-0.1, -0.05) is 59.1 Å². The molecule has 36 heavy (non-hydrogen) atoms. The van der Waals surface area contributed by atoms with Crippen LogP contribution in [-0.2, 0) is 6.54 Å². The Morgan fingerprint density at radius 2 is 1.92 bits per heavy atom. The molecule has 0 radical (unpaired) electrons. The number of hydrogen-bond acceptors (Lipinski definition) is 6. The number of halogens is 3. The minimum atomic E-state index is -1.23. The molecule has 184 valence electrons. The summed E-state index contributed by atoms with van der Waals surface area (Å²) in [5, 5.41) is 13.0. The second kappa shape index (κ2) is 9.28. The molecule has 0 bridgehead atoms. The second-order valence-corrected chi connectivity index (χ2v) is 9.77. The summed E-state index contributed by atoms with van der Waals surface area (Å²) in [6, 6.07) is 12.2. The van der Waals surface area contributed by atoms with Crippen molar-refractivity contribution < 1.29 is 9.90 Å². The van der Waals surface area contributed by atoms with Crippen molar-refractivity contribution in [2.45, 2.75) is 32.5 Å². The van der Waals surface area contributed by atoms with Gasteiger partial charge in [0.15, 0.2) is 11.5 Å². The Kier molecular flexibility index (Phi) is 6.28. The molecule has 0 unspecified atom stereocenters. The molecule has 2 atom stereocenters. The van der Waals surface area contributed by atoms with Crippen LogP contribution in [0.1, 0.15) is 53.1 Å². The van der Waals surface area contributed by atoms with Crippen LogP contribution in [0.4, 0.5) is 11.5 Å². The summed E-state index contributed by atoms with van der Waals surface area (Å²) >= 11 is 18.8. The number of carboxylic acids is 1. The fourth-order valence-electron chi connectivity index (χ4n) is 4.57. The maximum atomic E-state index is 13.3. The first kappa shape index (κ1) is 24.4. The van der Waals surface area contributed by atoms with Crippen LogP contribution in [-0.4, -0.2) is 25.4 Å². The van der Waals surface area contributed by atoms with Gasteiger partial charge < -0.3 is 15.3 Å². The lowest BCUT2D eigenvalue weighted by atomic mass is 10.1. The first-order valence-electron chi connectivity index (χ1n) is 11.1. The smallest absolute Gasteiger partial charge is 0.356 e. The number of aromatic carboxylic acids is 1. The van der Waals surface area contributed by atoms with E-state index in [0.29, 0.717) is 28.6 Å². The zero-order valence-electron chi connectivity index (χ0n) is 19.2. The van der Waals surface area contributed by atoms with Crippen molar-refractivity contribution in [1.29, 1.82) is 0 Å². The van der Waals surface area contributed by atoms with Crippen LogP contribution >= 0.6 is 34.8 Å². The van der Waals surface area contributed by atoms with Crippen LogP contribution in [0, 0.1) is 0 Å². The third-order valence-electron chi connectivity index (χ3n) is 6.33. The molecule has 0 aliphatic carbocycles. The predicted molar refractivity (Wildman–Crippen MR) is 141 cm³/mol. The number of hydrogen-bond donors (Lipinski definition) is 2. The summed E-state index contributed by atoms with van der Waals surface area (Å²) in [5.41, 5.74) is 2.81. The van der Waals surface area contributed by atoms with Gasteiger partial charge in [0.2, 0.25) is 0 Å². The van der Waals surface area contributed by atoms with E-state index in [4.69, 9.17) is 39.8 Å². The molecular weight excluding hydrogens is 525 g/mol. The molecule has 4 heterocycles. The first-order chi connectivity index (χ1) is 17.2. The van der Waals surface area contributed by atoms with E-state index in [1.807, 2.05) is 30.0 Å². The van der Waals surface area contributed by atoms with Gasteiger partial charge in [-0.05, 0) is 43.2 Å². The number of nitrogens with zero attached hydrogens (tertiary/aromatic N) is 4. The molecular formula is C25H20Cl3N5O3. The van der Waals surface area contributed by atoms with Crippen LogP contribution in [0.5, 0.6) is 0 Å². The fourth-order valence-corrected chi connectivity index (χ4v) is 5.17. The minimum absolute atomic E-state index is 0.00366. The maximum Gasteiger partial charge on any atom is 0.356 e. The van der Waals surface area contributed by atoms with Gasteiger partial charge in [0, 0.05) is 18.3 Å². The summed E-state index contributed by atoms with van der Waals surface area (Å²) in [7, 11) is 0. The number of rotatable bonds is 5. The molecule has 0 saturated heterocycles. The SMILES string of the molecule is C[C@@H]1c2ccccc2CN1c1nc2c([C@@H](C)Nc3ccc(Cl)nc3C(=O)O)cc(Cl)cn2c(=O)c1Cl. The van der Waals surface area contributed by atoms with Crippen molar-refractivity contribution in [3.63, 3.8) is 0 Å². The fraction of sp³-hybridized carbons (Fsp3) is 0.200. The largest absolute Gasteiger partial charge is 0.476 e. The number of pyridine rings is 2. The highest BCUT2D eigenvalue weighted by molar-refractivity contribution is 6.33. The van der Waals surface area contributed by atoms with E-state index in [1.54, 1.807) is 13.0 Å². The quantitative estimate of drug-likeness (QED) is 0.297. The molecule has 1 aliphatic rings. The molecule has 5 rings (SSSR count). The van der Waals surface area contributed by atoms with Gasteiger partial charge in [0.1, 0.15) is 15.8 Å². The maximum absolute atomic E-state index is 13.3. The Balaban J connectivity index is 1.62. The zero-order chi connectivity index (χ0) is 25.7. The van der Waals surface area contributed by atoms with Gasteiger partial charge >= 0.3 is 5.97 Å². The molecule has 0 amide bonds. The van der Waals surface area contributed by atoms with Crippen LogP contribution in [0.3, 0.4) is 0 Å². The number of fused-ring (bicyclic) bond motifs is 2. The lowest BCUT2D eigenvalue weighted by Gasteiger charge is -2.25. The van der Waals surface area contributed by atoms with Crippen LogP contribution < -0.4 is 15.8 Å². The number of nitrogens with one attached hydrogen (secondary N) is 1. The van der Waals surface area contributed by atoms with Crippen molar-refractivity contribution in [2.75, 3.05) is 10.2 Å². The van der Waals surface area contributed by atoms with Gasteiger partial charge in [-0.2, -0.15) is 0 Å². The van der Waals surface area contributed by atoms with Crippen LogP contribution in [0.15, 0.2) is 53.5 Å². The Hall–Kier alpha value is -3.33. The molecule has 0 spiro atoms. The number of anilines is 2. The monoisotopic (exact) mass is 543 g/mol. The third-order valence-corrected chi connectivity index (χ3v) is 7.08. The Morgan fingerprint density at radius 1 is 1.17 bits per heavy atom. The van der Waals surface area contributed by atoms with Crippen LogP contribution in [0.25, 0.3) is 5.65 Å². The molecule has 8 nitrogen and oxygen atoms in total. The van der Waals surface area contributed by atoms with Gasteiger partial charge in [0.05, 0.1) is 22.8 Å². The van der Waals surface area contributed by atoms with Crippen LogP contribution in [0.2, 0.25) is 15.2 Å². The van der Waals surface area contributed by atoms with Gasteiger partial charge in [-0.3, -0.25) is 9.20 Å². The number of aromatic nitrogens is 3. The van der Waals surface area contributed by atoms with E-state index in [0.717, 1.165) is 11.1 Å². The van der Waals surface area contributed by atoms with Gasteiger partial charge in [0.25, 0.3) is 5.56 Å². The summed E-state index contributed by atoms with van der Waals surface area (Å²) in [4.78, 5) is 35.8. The molecule has 3 aromatic heterocycles. The minimum Gasteiger partial charge on any atom is -0.476 e. The number of carbonyl (C=O) groups is 1. The van der Waals surface area contributed by atoms with E-state index in [1.165, 1.54) is 22.7 Å². The summed E-state index contributed by atoms with van der Waals surface area (Å²) in [5.74, 6) is -0.852. The normalized spacial score (nSPS) is 15.7. The molecule has 2 N–H and O–H groups in total. The van der Waals surface area contributed by atoms with E-state index >= 15 is 0 Å². The average Bonchev–Trinajstić information content (AvgIpc) is 3.18. The topological polar surface area (TPSA) is 99.8 Å². The molecule has 1 aromatic carbocycles. The van der Waals surface area contributed by atoms with E-state index in [2.05, 4.69) is 16.4 Å². The third kappa shape index (κ3) is 4.15. The summed E-state index contributed by atoms with van der Waals surface area (Å²) in [6.07, 6.45) is 1.47. The lowest BCUT2D eigenvalue weighted by molar-refractivity contribution is 0.0691. The molecule has 1 aliphatic heterocycles. The Morgan fingerprint density at radius 3 is 2.64 bits per heavy atom. The Bertz CT molecular complexity index is 1590. The number of benzene rings is 1. The lowest BCUT2D eigenvalue weighted by Crippen LogP contribution is -2.26. The van der Waals surface area contributed by atoms with E-state index in [9.17, 15) is 14.7 Å². The predicted octanol–water partition coefficient (Wildman–Crippen LogP) is 6.00. The van der Waals surface area contributed by atoms with Crippen molar-refractivity contribution in [3.8, 4) is 0 Å². The average molecular weight is 545 g/mol. The zero-order valence-corrected chi connectivity index (χ0v) is 21.4. The van der Waals surface area contributed by atoms with Crippen molar-refractivity contribution in [1.82, 2.24) is 14.4 Å². The standard InChI is InChI=1S/C25H20Cl3N5O3/c1-12(29-18-7-8-19(27)30-21(18)25(35)36)17-9-15(26)11-33-22(17)31-23(20(28)24(33)34)32-10-14-5-3-4-6-16(14)13(32)2/h3-9,11-13,29H,10H2,1-2H3,(H,35,36)/t12-,13-/m1/s1. The van der Waals surface area contributed by atoms with E-state index < -0.39 is 17.6 Å². The van der Waals surface area contributed by atoms with Crippen molar-refractivity contribution in [2.24, 2.45) is 0 Å². The van der Waals surface area contributed by atoms with Crippen molar-refractivity contribution >= 4 is 57.9 Å². The molecule has 0 saturated carbocycles. The van der Waals surface area contributed by atoms with Gasteiger partial charge in [-0.15, -0.1) is 0 Å². The number of carboxylic acid groups (broad SMARTS) is 1. The molecule has 4 aromatic rings. The molecule has 11 heteroatoms. The molecule has 0 fully saturated rings. The summed E-state index contributed by atoms with van der Waals surface area (Å²) < 4.78 is 1.31. The van der Waals surface area contributed by atoms with Gasteiger partial charge in [-0.25, -0.2) is 14.8 Å². The Labute approximate surface area is 221 Å². The van der Waals surface area contributed by atoms with E-state index in [-0.39, 0.29) is 27.6 Å². The first-order valence-corrected chi connectivity index (χ1v) is 12.2. The summed E-state index contributed by atoms with van der Waals surface area (Å²) in [6.45, 7) is 4.41. The highest BCUT2D eigenvalue weighted by Gasteiger charge is 2.31. The highest BCUT2D eigenvalue weighted by atomic mass is 35.5. The van der Waals surface area contributed by atoms with Crippen molar-refractivity contribution in [3.05, 3.63) is 96.6 Å². The second-order valence-electron chi connectivity index (χ2n) is 8.57. The highest BCUT2D eigenvalue weighted by Crippen LogP contribution is 2.39.